The third kappa shape index (κ3) is 5.63. The molecule has 3 rings (SSSR count). The second-order valence-electron chi connectivity index (χ2n) is 8.26. The van der Waals surface area contributed by atoms with Gasteiger partial charge in [0.15, 0.2) is 0 Å². The molecule has 2 saturated heterocycles. The minimum atomic E-state index is -0.248. The SMILES string of the molecule is COc1cccc(C2CCCN2C(=O)CN2CCN(C(=O)OCC(C)C)CC2)c1. The lowest BCUT2D eigenvalue weighted by atomic mass is 10.0. The summed E-state index contributed by atoms with van der Waals surface area (Å²) in [6, 6.07) is 8.12. The van der Waals surface area contributed by atoms with Gasteiger partial charge in [-0.15, -0.1) is 0 Å². The van der Waals surface area contributed by atoms with Crippen LogP contribution >= 0.6 is 0 Å². The summed E-state index contributed by atoms with van der Waals surface area (Å²) < 4.78 is 10.6. The molecule has 29 heavy (non-hydrogen) atoms. The van der Waals surface area contributed by atoms with E-state index >= 15 is 0 Å². The number of amides is 2. The molecule has 0 N–H and O–H groups in total. The molecule has 2 heterocycles. The third-order valence-corrected chi connectivity index (χ3v) is 5.58. The van der Waals surface area contributed by atoms with Crippen LogP contribution in [0.3, 0.4) is 0 Å². The smallest absolute Gasteiger partial charge is 0.409 e. The van der Waals surface area contributed by atoms with Gasteiger partial charge in [-0.1, -0.05) is 26.0 Å². The molecule has 1 atom stereocenters. The Bertz CT molecular complexity index is 701. The zero-order valence-corrected chi connectivity index (χ0v) is 17.8. The highest BCUT2D eigenvalue weighted by Gasteiger charge is 2.32. The van der Waals surface area contributed by atoms with Crippen molar-refractivity contribution in [1.29, 1.82) is 0 Å². The summed E-state index contributed by atoms with van der Waals surface area (Å²) in [4.78, 5) is 31.0. The van der Waals surface area contributed by atoms with Gasteiger partial charge in [0.2, 0.25) is 5.91 Å². The van der Waals surface area contributed by atoms with Crippen LogP contribution in [0.4, 0.5) is 4.79 Å². The van der Waals surface area contributed by atoms with E-state index < -0.39 is 0 Å². The molecule has 1 aromatic rings. The number of carbonyl (C=O) groups excluding carboxylic acids is 2. The molecule has 0 bridgehead atoms. The molecule has 2 fully saturated rings. The lowest BCUT2D eigenvalue weighted by Crippen LogP contribution is -2.51. The Hall–Kier alpha value is -2.28. The molecule has 7 nitrogen and oxygen atoms in total. The van der Waals surface area contributed by atoms with Crippen molar-refractivity contribution in [2.45, 2.75) is 32.7 Å². The number of ether oxygens (including phenoxy) is 2. The monoisotopic (exact) mass is 403 g/mol. The number of methoxy groups -OCH3 is 1. The fourth-order valence-corrected chi connectivity index (χ4v) is 3.96. The molecule has 0 spiro atoms. The molecule has 160 valence electrons. The summed E-state index contributed by atoms with van der Waals surface area (Å²) >= 11 is 0. The fourth-order valence-electron chi connectivity index (χ4n) is 3.96. The quantitative estimate of drug-likeness (QED) is 0.731. The van der Waals surface area contributed by atoms with Crippen LogP contribution in [0.25, 0.3) is 0 Å². The van der Waals surface area contributed by atoms with Gasteiger partial charge in [-0.05, 0) is 36.5 Å². The van der Waals surface area contributed by atoms with Gasteiger partial charge in [0.25, 0.3) is 0 Å². The first kappa shape index (κ1) is 21.4. The van der Waals surface area contributed by atoms with Gasteiger partial charge < -0.3 is 19.3 Å². The molecule has 2 aliphatic heterocycles. The van der Waals surface area contributed by atoms with Crippen molar-refractivity contribution in [2.24, 2.45) is 5.92 Å². The molecule has 1 unspecified atom stereocenters. The van der Waals surface area contributed by atoms with Gasteiger partial charge in [0, 0.05) is 32.7 Å². The van der Waals surface area contributed by atoms with E-state index in [4.69, 9.17) is 9.47 Å². The Labute approximate surface area is 173 Å². The van der Waals surface area contributed by atoms with Crippen LogP contribution in [0, 0.1) is 5.92 Å². The summed E-state index contributed by atoms with van der Waals surface area (Å²) in [5, 5.41) is 0. The number of benzene rings is 1. The van der Waals surface area contributed by atoms with Crippen molar-refractivity contribution >= 4 is 12.0 Å². The standard InChI is InChI=1S/C22H33N3O4/c1-17(2)16-29-22(27)24-12-10-23(11-13-24)15-21(26)25-9-5-8-20(25)18-6-4-7-19(14-18)28-3/h4,6-7,14,17,20H,5,8-13,15-16H2,1-3H3. The van der Waals surface area contributed by atoms with Gasteiger partial charge >= 0.3 is 6.09 Å². The number of nitrogens with zero attached hydrogens (tertiary/aromatic N) is 3. The Morgan fingerprint density at radius 3 is 2.59 bits per heavy atom. The van der Waals surface area contributed by atoms with Crippen molar-refractivity contribution in [1.82, 2.24) is 14.7 Å². The van der Waals surface area contributed by atoms with E-state index in [-0.39, 0.29) is 18.0 Å². The van der Waals surface area contributed by atoms with Crippen LogP contribution in [0.15, 0.2) is 24.3 Å². The van der Waals surface area contributed by atoms with Gasteiger partial charge in [0.05, 0.1) is 26.3 Å². The predicted molar refractivity (Wildman–Crippen MR) is 111 cm³/mol. The van der Waals surface area contributed by atoms with Crippen molar-refractivity contribution in [2.75, 3.05) is 53.0 Å². The highest BCUT2D eigenvalue weighted by atomic mass is 16.6. The van der Waals surface area contributed by atoms with E-state index in [1.807, 2.05) is 36.9 Å². The second kappa shape index (κ2) is 9.96. The van der Waals surface area contributed by atoms with E-state index in [1.165, 1.54) is 0 Å². The zero-order valence-electron chi connectivity index (χ0n) is 17.8. The Balaban J connectivity index is 1.51. The summed E-state index contributed by atoms with van der Waals surface area (Å²) in [6.07, 6.45) is 1.75. The van der Waals surface area contributed by atoms with Crippen molar-refractivity contribution in [3.63, 3.8) is 0 Å². The predicted octanol–water partition coefficient (Wildman–Crippen LogP) is 2.77. The molecule has 2 amide bonds. The normalized spacial score (nSPS) is 20.2. The Morgan fingerprint density at radius 2 is 1.90 bits per heavy atom. The van der Waals surface area contributed by atoms with Crippen LogP contribution in [0.1, 0.15) is 38.3 Å². The number of likely N-dealkylation sites (tertiary alicyclic amines) is 1. The summed E-state index contributed by atoms with van der Waals surface area (Å²) in [7, 11) is 1.66. The van der Waals surface area contributed by atoms with Crippen molar-refractivity contribution in [3.05, 3.63) is 29.8 Å². The molecule has 2 aliphatic rings. The molecule has 1 aromatic carbocycles. The minimum Gasteiger partial charge on any atom is -0.497 e. The van der Waals surface area contributed by atoms with E-state index in [2.05, 4.69) is 11.0 Å². The van der Waals surface area contributed by atoms with E-state index in [9.17, 15) is 9.59 Å². The van der Waals surface area contributed by atoms with E-state index in [1.54, 1.807) is 12.0 Å². The average molecular weight is 404 g/mol. The van der Waals surface area contributed by atoms with Crippen LogP contribution in [0.2, 0.25) is 0 Å². The fraction of sp³-hybridized carbons (Fsp3) is 0.636. The molecule has 0 aromatic heterocycles. The topological polar surface area (TPSA) is 62.3 Å². The molecule has 0 radical (unpaired) electrons. The average Bonchev–Trinajstić information content (AvgIpc) is 3.22. The van der Waals surface area contributed by atoms with Crippen LogP contribution < -0.4 is 4.74 Å². The first-order chi connectivity index (χ1) is 14.0. The molecular formula is C22H33N3O4. The van der Waals surface area contributed by atoms with Gasteiger partial charge in [-0.3, -0.25) is 9.69 Å². The maximum absolute atomic E-state index is 13.0. The largest absolute Gasteiger partial charge is 0.497 e. The van der Waals surface area contributed by atoms with Crippen LogP contribution in [-0.2, 0) is 9.53 Å². The van der Waals surface area contributed by atoms with E-state index in [0.29, 0.717) is 45.2 Å². The lowest BCUT2D eigenvalue weighted by Gasteiger charge is -2.35. The number of hydrogen-bond acceptors (Lipinski definition) is 5. The van der Waals surface area contributed by atoms with Gasteiger partial charge in [0.1, 0.15) is 5.75 Å². The first-order valence-corrected chi connectivity index (χ1v) is 10.6. The third-order valence-electron chi connectivity index (χ3n) is 5.58. The second-order valence-corrected chi connectivity index (χ2v) is 8.26. The van der Waals surface area contributed by atoms with Crippen molar-refractivity contribution in [3.8, 4) is 5.75 Å². The Morgan fingerprint density at radius 1 is 1.14 bits per heavy atom. The highest BCUT2D eigenvalue weighted by molar-refractivity contribution is 5.79. The first-order valence-electron chi connectivity index (χ1n) is 10.6. The molecular weight excluding hydrogens is 370 g/mol. The zero-order chi connectivity index (χ0) is 20.8. The maximum Gasteiger partial charge on any atom is 0.409 e. The highest BCUT2D eigenvalue weighted by Crippen LogP contribution is 2.33. The number of piperazine rings is 1. The van der Waals surface area contributed by atoms with Crippen molar-refractivity contribution < 1.29 is 19.1 Å². The number of hydrogen-bond donors (Lipinski definition) is 0. The molecule has 0 aliphatic carbocycles. The maximum atomic E-state index is 13.0. The van der Waals surface area contributed by atoms with Gasteiger partial charge in [-0.2, -0.15) is 0 Å². The van der Waals surface area contributed by atoms with Gasteiger partial charge in [-0.25, -0.2) is 4.79 Å². The number of carbonyl (C=O) groups is 2. The van der Waals surface area contributed by atoms with Crippen LogP contribution in [-0.4, -0.2) is 79.7 Å². The lowest BCUT2D eigenvalue weighted by molar-refractivity contribution is -0.133. The minimum absolute atomic E-state index is 0.116. The summed E-state index contributed by atoms with van der Waals surface area (Å²) in [6.45, 7) is 8.27. The Kier molecular flexibility index (Phi) is 7.36. The molecule has 0 saturated carbocycles. The van der Waals surface area contributed by atoms with Crippen LogP contribution in [0.5, 0.6) is 5.75 Å². The molecule has 7 heteroatoms. The van der Waals surface area contributed by atoms with E-state index in [0.717, 1.165) is 30.7 Å². The summed E-state index contributed by atoms with van der Waals surface area (Å²) in [5.41, 5.74) is 1.13. The number of rotatable bonds is 6. The summed E-state index contributed by atoms with van der Waals surface area (Å²) in [5.74, 6) is 1.31.